The first kappa shape index (κ1) is 26.8. The van der Waals surface area contributed by atoms with Crippen molar-refractivity contribution in [3.8, 4) is 5.75 Å². The summed E-state index contributed by atoms with van der Waals surface area (Å²) in [6.45, 7) is 3.35. The second kappa shape index (κ2) is 9.67. The lowest BCUT2D eigenvalue weighted by atomic mass is 9.77. The number of anilines is 1. The number of rotatable bonds is 6. The number of hydrogen-bond donors (Lipinski definition) is 3. The second-order valence-electron chi connectivity index (χ2n) is 8.59. The van der Waals surface area contributed by atoms with Crippen molar-refractivity contribution in [1.82, 2.24) is 4.98 Å². The van der Waals surface area contributed by atoms with Crippen LogP contribution in [0.1, 0.15) is 44.1 Å². The standard InChI is InChI=1S/C23H25F5N2O5/c1-10-16(13-6-7-14(24)17(25)19(13)34-4)20(35-22(10,3)23(26,27)28)21(33)30-12-5-8-15(29-9-12)18(32)11(2)31/h5-11,16,18,20,31-32H,1-4H3,(H,30,33)/t10?,11-,16?,18+,20?,22?/m0/s1. The van der Waals surface area contributed by atoms with Gasteiger partial charge in [-0.05, 0) is 32.0 Å². The lowest BCUT2D eigenvalue weighted by Crippen LogP contribution is -2.47. The number of nitrogens with zero attached hydrogens (tertiary/aromatic N) is 1. The highest BCUT2D eigenvalue weighted by molar-refractivity contribution is 5.95. The van der Waals surface area contributed by atoms with Crippen molar-refractivity contribution in [2.75, 3.05) is 12.4 Å². The molecule has 0 spiro atoms. The zero-order valence-corrected chi connectivity index (χ0v) is 19.2. The molecule has 6 atom stereocenters. The summed E-state index contributed by atoms with van der Waals surface area (Å²) in [5.41, 5.74) is -2.75. The Kier molecular flexibility index (Phi) is 7.39. The number of nitrogens with one attached hydrogen (secondary N) is 1. The van der Waals surface area contributed by atoms with E-state index in [1.807, 2.05) is 0 Å². The van der Waals surface area contributed by atoms with Crippen molar-refractivity contribution in [2.24, 2.45) is 5.92 Å². The summed E-state index contributed by atoms with van der Waals surface area (Å²) < 4.78 is 80.3. The Morgan fingerprint density at radius 2 is 1.89 bits per heavy atom. The molecular weight excluding hydrogens is 479 g/mol. The van der Waals surface area contributed by atoms with Crippen molar-refractivity contribution >= 4 is 11.6 Å². The number of halogens is 5. The fraction of sp³-hybridized carbons (Fsp3) is 0.478. The normalized spacial score (nSPS) is 26.3. The first-order chi connectivity index (χ1) is 16.2. The Hall–Kier alpha value is -2.83. The van der Waals surface area contributed by atoms with Crippen molar-refractivity contribution < 1.29 is 46.4 Å². The van der Waals surface area contributed by atoms with Crippen molar-refractivity contribution in [2.45, 2.75) is 56.8 Å². The van der Waals surface area contributed by atoms with Gasteiger partial charge in [-0.1, -0.05) is 13.0 Å². The highest BCUT2D eigenvalue weighted by Gasteiger charge is 2.65. The molecule has 4 unspecified atom stereocenters. The van der Waals surface area contributed by atoms with E-state index in [4.69, 9.17) is 9.47 Å². The van der Waals surface area contributed by atoms with Crippen LogP contribution < -0.4 is 10.1 Å². The zero-order valence-electron chi connectivity index (χ0n) is 19.2. The van der Waals surface area contributed by atoms with Crippen LogP contribution in [0.15, 0.2) is 30.5 Å². The predicted octanol–water partition coefficient (Wildman–Crippen LogP) is 3.86. The van der Waals surface area contributed by atoms with E-state index in [9.17, 15) is 37.0 Å². The molecule has 192 valence electrons. The number of benzene rings is 1. The molecule has 3 N–H and O–H groups in total. The van der Waals surface area contributed by atoms with Crippen LogP contribution in [0.3, 0.4) is 0 Å². The van der Waals surface area contributed by atoms with Crippen molar-refractivity contribution in [1.29, 1.82) is 0 Å². The van der Waals surface area contributed by atoms with Gasteiger partial charge in [0, 0.05) is 17.4 Å². The average Bonchev–Trinajstić information content (AvgIpc) is 3.07. The SMILES string of the molecule is COc1c(C2C(C(=O)Nc3ccc([C@H](O)[C@H](C)O)nc3)OC(C)(C(F)(F)F)C2C)ccc(F)c1F. The van der Waals surface area contributed by atoms with E-state index in [2.05, 4.69) is 10.3 Å². The van der Waals surface area contributed by atoms with Crippen LogP contribution in [-0.2, 0) is 9.53 Å². The Bertz CT molecular complexity index is 1080. The molecule has 0 aliphatic carbocycles. The minimum Gasteiger partial charge on any atom is -0.493 e. The number of methoxy groups -OCH3 is 1. The minimum absolute atomic E-state index is 0.0735. The number of aromatic nitrogens is 1. The number of pyridine rings is 1. The number of ether oxygens (including phenoxy) is 2. The van der Waals surface area contributed by atoms with Crippen LogP contribution in [0.2, 0.25) is 0 Å². The molecule has 1 aliphatic rings. The van der Waals surface area contributed by atoms with Crippen LogP contribution in [-0.4, -0.2) is 52.2 Å². The predicted molar refractivity (Wildman–Crippen MR) is 114 cm³/mol. The zero-order chi connectivity index (χ0) is 26.3. The number of carbonyl (C=O) groups is 1. The van der Waals surface area contributed by atoms with Crippen LogP contribution in [0.25, 0.3) is 0 Å². The van der Waals surface area contributed by atoms with Gasteiger partial charge in [0.05, 0.1) is 30.8 Å². The van der Waals surface area contributed by atoms with E-state index in [0.29, 0.717) is 0 Å². The molecule has 35 heavy (non-hydrogen) atoms. The van der Waals surface area contributed by atoms with Crippen LogP contribution in [0.4, 0.5) is 27.6 Å². The van der Waals surface area contributed by atoms with Gasteiger partial charge < -0.3 is 25.0 Å². The summed E-state index contributed by atoms with van der Waals surface area (Å²) in [6.07, 6.45) is -7.88. The molecule has 0 radical (unpaired) electrons. The van der Waals surface area contributed by atoms with Gasteiger partial charge in [0.2, 0.25) is 5.82 Å². The van der Waals surface area contributed by atoms with Gasteiger partial charge in [-0.15, -0.1) is 0 Å². The number of alkyl halides is 3. The van der Waals surface area contributed by atoms with Gasteiger partial charge in [-0.25, -0.2) is 4.39 Å². The van der Waals surface area contributed by atoms with E-state index < -0.39 is 65.2 Å². The highest BCUT2D eigenvalue weighted by atomic mass is 19.4. The summed E-state index contributed by atoms with van der Waals surface area (Å²) in [5.74, 6) is -6.99. The molecule has 7 nitrogen and oxygen atoms in total. The highest BCUT2D eigenvalue weighted by Crippen LogP contribution is 2.55. The molecular formula is C23H25F5N2O5. The molecule has 1 saturated heterocycles. The fourth-order valence-electron chi connectivity index (χ4n) is 4.15. The fourth-order valence-corrected chi connectivity index (χ4v) is 4.15. The second-order valence-corrected chi connectivity index (χ2v) is 8.59. The summed E-state index contributed by atoms with van der Waals surface area (Å²) in [5, 5.41) is 21.7. The van der Waals surface area contributed by atoms with Gasteiger partial charge in [-0.2, -0.15) is 17.6 Å². The van der Waals surface area contributed by atoms with E-state index >= 15 is 0 Å². The molecule has 3 rings (SSSR count). The van der Waals surface area contributed by atoms with Crippen molar-refractivity contribution in [3.05, 3.63) is 53.4 Å². The van der Waals surface area contributed by atoms with Gasteiger partial charge >= 0.3 is 6.18 Å². The van der Waals surface area contributed by atoms with Gasteiger partial charge in [0.1, 0.15) is 12.2 Å². The molecule has 1 aliphatic heterocycles. The number of carbonyl (C=O) groups excluding carboxylic acids is 1. The average molecular weight is 504 g/mol. The van der Waals surface area contributed by atoms with Crippen LogP contribution >= 0.6 is 0 Å². The van der Waals surface area contributed by atoms with Crippen molar-refractivity contribution in [3.63, 3.8) is 0 Å². The molecule has 1 fully saturated rings. The molecule has 2 heterocycles. The van der Waals surface area contributed by atoms with Crippen LogP contribution in [0, 0.1) is 17.6 Å². The third kappa shape index (κ3) is 4.82. The van der Waals surface area contributed by atoms with Gasteiger partial charge in [-0.3, -0.25) is 9.78 Å². The Balaban J connectivity index is 1.99. The van der Waals surface area contributed by atoms with E-state index in [-0.39, 0.29) is 16.9 Å². The first-order valence-corrected chi connectivity index (χ1v) is 10.6. The largest absolute Gasteiger partial charge is 0.493 e. The first-order valence-electron chi connectivity index (χ1n) is 10.6. The van der Waals surface area contributed by atoms with Gasteiger partial charge in [0.25, 0.3) is 5.91 Å². The van der Waals surface area contributed by atoms with E-state index in [0.717, 1.165) is 32.4 Å². The van der Waals surface area contributed by atoms with Crippen LogP contribution in [0.5, 0.6) is 5.75 Å². The summed E-state index contributed by atoms with van der Waals surface area (Å²) >= 11 is 0. The van der Waals surface area contributed by atoms with E-state index in [1.54, 1.807) is 0 Å². The quantitative estimate of drug-likeness (QED) is 0.517. The summed E-state index contributed by atoms with van der Waals surface area (Å²) in [7, 11) is 1.04. The maximum atomic E-state index is 14.4. The Morgan fingerprint density at radius 1 is 1.23 bits per heavy atom. The monoisotopic (exact) mass is 504 g/mol. The number of aliphatic hydroxyl groups is 2. The topological polar surface area (TPSA) is 101 Å². The van der Waals surface area contributed by atoms with Gasteiger partial charge in [0.15, 0.2) is 17.2 Å². The lowest BCUT2D eigenvalue weighted by Gasteiger charge is -2.32. The third-order valence-electron chi connectivity index (χ3n) is 6.38. The maximum Gasteiger partial charge on any atom is 0.417 e. The summed E-state index contributed by atoms with van der Waals surface area (Å²) in [4.78, 5) is 17.0. The molecule has 0 bridgehead atoms. The molecule has 1 aromatic carbocycles. The minimum atomic E-state index is -4.88. The molecule has 1 amide bonds. The number of hydrogen-bond acceptors (Lipinski definition) is 6. The molecule has 2 aromatic rings. The molecule has 12 heteroatoms. The maximum absolute atomic E-state index is 14.4. The Labute approximate surface area is 197 Å². The number of aliphatic hydroxyl groups excluding tert-OH is 2. The smallest absolute Gasteiger partial charge is 0.417 e. The lowest BCUT2D eigenvalue weighted by molar-refractivity contribution is -0.272. The third-order valence-corrected chi connectivity index (χ3v) is 6.38. The Morgan fingerprint density at radius 3 is 2.40 bits per heavy atom. The summed E-state index contributed by atoms with van der Waals surface area (Å²) in [6, 6.07) is 4.47. The molecule has 0 saturated carbocycles. The number of amides is 1. The van der Waals surface area contributed by atoms with E-state index in [1.165, 1.54) is 26.0 Å². The molecule has 1 aromatic heterocycles.